The van der Waals surface area contributed by atoms with E-state index >= 15 is 0 Å². The van der Waals surface area contributed by atoms with Crippen LogP contribution in [-0.4, -0.2) is 25.5 Å². The van der Waals surface area contributed by atoms with Crippen LogP contribution in [0.1, 0.15) is 93.1 Å². The topological polar surface area (TPSA) is 64.6 Å². The molecule has 0 radical (unpaired) electrons. The van der Waals surface area contributed by atoms with Gasteiger partial charge in [-0.1, -0.05) is 77.9 Å². The van der Waals surface area contributed by atoms with E-state index in [9.17, 15) is 9.59 Å². The fraction of sp³-hybridized carbons (Fsp3) is 0.429. The molecule has 1 unspecified atom stereocenters. The Hall–Kier alpha value is -3.60. The lowest BCUT2D eigenvalue weighted by molar-refractivity contribution is -0.140. The van der Waals surface area contributed by atoms with Crippen molar-refractivity contribution < 1.29 is 19.1 Å². The molecular formula is C35H45NO4. The number of hydrogen-bond acceptors (Lipinski definition) is 4. The van der Waals surface area contributed by atoms with Crippen molar-refractivity contribution in [3.05, 3.63) is 88.5 Å². The molecule has 3 rings (SSSR count). The molecule has 3 aromatic carbocycles. The third kappa shape index (κ3) is 8.45. The first-order valence-corrected chi connectivity index (χ1v) is 14.0. The summed E-state index contributed by atoms with van der Waals surface area (Å²) in [6.07, 6.45) is 0.778. The molecule has 0 bridgehead atoms. The van der Waals surface area contributed by atoms with E-state index in [1.807, 2.05) is 24.3 Å². The number of rotatable bonds is 9. The Morgan fingerprint density at radius 2 is 1.43 bits per heavy atom. The van der Waals surface area contributed by atoms with Crippen LogP contribution < -0.4 is 10.1 Å². The number of ether oxygens (including phenoxy) is 2. The van der Waals surface area contributed by atoms with Crippen LogP contribution in [0, 0.1) is 19.3 Å². The maximum atomic E-state index is 12.5. The van der Waals surface area contributed by atoms with E-state index in [4.69, 9.17) is 4.74 Å². The molecule has 3 aromatic rings. The van der Waals surface area contributed by atoms with E-state index in [0.717, 1.165) is 17.7 Å². The summed E-state index contributed by atoms with van der Waals surface area (Å²) in [5.41, 5.74) is 7.82. The largest absolute Gasteiger partial charge is 0.486 e. The van der Waals surface area contributed by atoms with Crippen LogP contribution in [-0.2, 0) is 14.9 Å². The van der Waals surface area contributed by atoms with Crippen LogP contribution in [0.4, 0.5) is 0 Å². The molecule has 0 fully saturated rings. The van der Waals surface area contributed by atoms with Gasteiger partial charge in [0, 0.05) is 12.1 Å². The normalized spacial score (nSPS) is 12.5. The van der Waals surface area contributed by atoms with Gasteiger partial charge in [0.2, 0.25) is 0 Å². The van der Waals surface area contributed by atoms with Gasteiger partial charge in [-0.2, -0.15) is 0 Å². The van der Waals surface area contributed by atoms with Crippen LogP contribution in [0.25, 0.3) is 11.1 Å². The molecule has 1 atom stereocenters. The predicted octanol–water partition coefficient (Wildman–Crippen LogP) is 8.12. The van der Waals surface area contributed by atoms with Crippen molar-refractivity contribution in [1.82, 2.24) is 5.32 Å². The molecule has 5 heteroatoms. The minimum Gasteiger partial charge on any atom is -0.486 e. The average molecular weight is 544 g/mol. The highest BCUT2D eigenvalue weighted by molar-refractivity contribution is 5.94. The molecule has 5 nitrogen and oxygen atoms in total. The Kier molecular flexibility index (Phi) is 9.83. The van der Waals surface area contributed by atoms with Crippen molar-refractivity contribution in [2.75, 3.05) is 13.7 Å². The van der Waals surface area contributed by atoms with Gasteiger partial charge < -0.3 is 14.8 Å². The van der Waals surface area contributed by atoms with Crippen molar-refractivity contribution >= 4 is 11.9 Å². The molecule has 0 aromatic heterocycles. The molecule has 0 heterocycles. The zero-order valence-corrected chi connectivity index (χ0v) is 25.6. The van der Waals surface area contributed by atoms with Crippen molar-refractivity contribution in [1.29, 1.82) is 0 Å². The monoisotopic (exact) mass is 543 g/mol. The molecule has 1 amide bonds. The van der Waals surface area contributed by atoms with Gasteiger partial charge in [-0.15, -0.1) is 0 Å². The van der Waals surface area contributed by atoms with Crippen LogP contribution >= 0.6 is 0 Å². The van der Waals surface area contributed by atoms with Gasteiger partial charge in [-0.25, -0.2) is 0 Å². The summed E-state index contributed by atoms with van der Waals surface area (Å²) in [5.74, 6) is 0.264. The Bertz CT molecular complexity index is 1290. The molecular weight excluding hydrogens is 498 g/mol. The molecule has 0 aliphatic carbocycles. The standard InChI is InChI=1S/C35H45NO4/c1-23-20-29(21-24(2)32(23)26-14-16-28(17-15-26)35(6,7)8)40-30(22-34(3,4)5)25-10-12-27(13-11-25)33(38)36-19-18-31(37)39-9/h10-17,20-21,30H,18-19,22H2,1-9H3,(H,36,38). The Morgan fingerprint density at radius 3 is 1.93 bits per heavy atom. The number of benzene rings is 3. The smallest absolute Gasteiger partial charge is 0.307 e. The third-order valence-electron chi connectivity index (χ3n) is 7.01. The second kappa shape index (κ2) is 12.7. The van der Waals surface area contributed by atoms with Gasteiger partial charge in [0.25, 0.3) is 5.91 Å². The summed E-state index contributed by atoms with van der Waals surface area (Å²) in [4.78, 5) is 23.8. The van der Waals surface area contributed by atoms with Gasteiger partial charge in [-0.3, -0.25) is 9.59 Å². The maximum Gasteiger partial charge on any atom is 0.307 e. The van der Waals surface area contributed by atoms with E-state index in [1.54, 1.807) is 0 Å². The van der Waals surface area contributed by atoms with E-state index < -0.39 is 0 Å². The van der Waals surface area contributed by atoms with Crippen molar-refractivity contribution in [2.24, 2.45) is 5.41 Å². The molecule has 40 heavy (non-hydrogen) atoms. The Morgan fingerprint density at radius 1 is 0.850 bits per heavy atom. The Balaban J connectivity index is 1.82. The zero-order valence-electron chi connectivity index (χ0n) is 25.6. The fourth-order valence-corrected chi connectivity index (χ4v) is 4.86. The van der Waals surface area contributed by atoms with Crippen molar-refractivity contribution in [2.45, 2.75) is 79.8 Å². The van der Waals surface area contributed by atoms with Gasteiger partial charge in [0.1, 0.15) is 11.9 Å². The summed E-state index contributed by atoms with van der Waals surface area (Å²) in [7, 11) is 1.33. The summed E-state index contributed by atoms with van der Waals surface area (Å²) in [5, 5.41) is 2.76. The van der Waals surface area contributed by atoms with Crippen LogP contribution in [0.2, 0.25) is 0 Å². The van der Waals surface area contributed by atoms with Gasteiger partial charge in [0.05, 0.1) is 13.5 Å². The lowest BCUT2D eigenvalue weighted by Crippen LogP contribution is -2.26. The second-order valence-corrected chi connectivity index (χ2v) is 12.8. The number of aryl methyl sites for hydroxylation is 2. The van der Waals surface area contributed by atoms with E-state index in [0.29, 0.717) is 5.56 Å². The van der Waals surface area contributed by atoms with Gasteiger partial charge in [0.15, 0.2) is 0 Å². The molecule has 1 N–H and O–H groups in total. The first-order chi connectivity index (χ1) is 18.7. The summed E-state index contributed by atoms with van der Waals surface area (Å²) in [6, 6.07) is 20.6. The lowest BCUT2D eigenvalue weighted by atomic mass is 9.85. The average Bonchev–Trinajstić information content (AvgIpc) is 2.87. The van der Waals surface area contributed by atoms with Crippen molar-refractivity contribution in [3.63, 3.8) is 0 Å². The first-order valence-electron chi connectivity index (χ1n) is 14.0. The number of amides is 1. The number of carbonyl (C=O) groups excluding carboxylic acids is 2. The van der Waals surface area contributed by atoms with Crippen LogP contribution in [0.5, 0.6) is 5.75 Å². The number of esters is 1. The summed E-state index contributed by atoms with van der Waals surface area (Å²) < 4.78 is 11.3. The minimum atomic E-state index is -0.352. The Labute approximate surface area is 240 Å². The number of methoxy groups -OCH3 is 1. The number of carbonyl (C=O) groups is 2. The molecule has 0 spiro atoms. The van der Waals surface area contributed by atoms with Crippen LogP contribution in [0.3, 0.4) is 0 Å². The summed E-state index contributed by atoms with van der Waals surface area (Å²) in [6.45, 7) is 17.8. The highest BCUT2D eigenvalue weighted by Crippen LogP contribution is 2.37. The van der Waals surface area contributed by atoms with Crippen molar-refractivity contribution in [3.8, 4) is 16.9 Å². The SMILES string of the molecule is COC(=O)CCNC(=O)c1ccc(C(CC(C)(C)C)Oc2cc(C)c(-c3ccc(C(C)(C)C)cc3)c(C)c2)cc1. The molecule has 0 aliphatic rings. The van der Waals surface area contributed by atoms with Crippen LogP contribution in [0.15, 0.2) is 60.7 Å². The number of nitrogens with one attached hydrogen (secondary N) is 1. The molecule has 0 aliphatic heterocycles. The predicted molar refractivity (Wildman–Crippen MR) is 163 cm³/mol. The van der Waals surface area contributed by atoms with Gasteiger partial charge in [-0.05, 0) is 88.7 Å². The first kappa shape index (κ1) is 30.9. The van der Waals surface area contributed by atoms with E-state index in [2.05, 4.69) is 102 Å². The highest BCUT2D eigenvalue weighted by Gasteiger charge is 2.23. The third-order valence-corrected chi connectivity index (χ3v) is 7.01. The maximum absolute atomic E-state index is 12.5. The molecule has 0 saturated heterocycles. The quantitative estimate of drug-likeness (QED) is 0.277. The zero-order chi connectivity index (χ0) is 29.7. The molecule has 214 valence electrons. The molecule has 0 saturated carbocycles. The van der Waals surface area contributed by atoms with E-state index in [1.165, 1.54) is 34.9 Å². The fourth-order valence-electron chi connectivity index (χ4n) is 4.86. The van der Waals surface area contributed by atoms with E-state index in [-0.39, 0.29) is 41.8 Å². The lowest BCUT2D eigenvalue weighted by Gasteiger charge is -2.28. The minimum absolute atomic E-state index is 0.0351. The van der Waals surface area contributed by atoms with Gasteiger partial charge >= 0.3 is 5.97 Å². The highest BCUT2D eigenvalue weighted by atomic mass is 16.5. The number of hydrogen-bond donors (Lipinski definition) is 1. The summed E-state index contributed by atoms with van der Waals surface area (Å²) >= 11 is 0. The second-order valence-electron chi connectivity index (χ2n) is 12.8.